The first kappa shape index (κ1) is 17.6. The van der Waals surface area contributed by atoms with Gasteiger partial charge in [-0.05, 0) is 24.6 Å². The molecule has 0 amide bonds. The van der Waals surface area contributed by atoms with Gasteiger partial charge in [0.25, 0.3) is 6.43 Å². The molecule has 1 N–H and O–H groups in total. The minimum Gasteiger partial charge on any atom is -0.480 e. The maximum atomic E-state index is 13.7. The van der Waals surface area contributed by atoms with Crippen molar-refractivity contribution in [2.45, 2.75) is 26.8 Å². The molecule has 1 aromatic carbocycles. The number of hydrogen-bond acceptors (Lipinski definition) is 5. The average molecular weight is 360 g/mol. The van der Waals surface area contributed by atoms with Gasteiger partial charge in [0.2, 0.25) is 0 Å². The molecule has 0 spiro atoms. The van der Waals surface area contributed by atoms with Gasteiger partial charge in [-0.2, -0.15) is 5.10 Å². The molecule has 9 heteroatoms. The molecule has 0 aliphatic heterocycles. The van der Waals surface area contributed by atoms with Gasteiger partial charge in [0, 0.05) is 35.8 Å². The Morgan fingerprint density at radius 3 is 2.38 bits per heavy atom. The number of aliphatic carboxylic acids is 1. The molecule has 0 radical (unpaired) electrons. The van der Waals surface area contributed by atoms with Crippen molar-refractivity contribution in [3.8, 4) is 11.1 Å². The molecule has 0 bridgehead atoms. The SMILES string of the molecule is CC(=O)c1nn(CC(=O)O)c2c(C(F)F)cc(-c3cnc(C)nc3)cc12. The first-order valence-corrected chi connectivity index (χ1v) is 7.62. The molecule has 2 heterocycles. The lowest BCUT2D eigenvalue weighted by Gasteiger charge is -2.09. The number of carbonyl (C=O) groups excluding carboxylic acids is 1. The summed E-state index contributed by atoms with van der Waals surface area (Å²) in [6.45, 7) is 2.31. The summed E-state index contributed by atoms with van der Waals surface area (Å²) in [6, 6.07) is 2.77. The van der Waals surface area contributed by atoms with E-state index in [1.807, 2.05) is 0 Å². The van der Waals surface area contributed by atoms with E-state index in [0.29, 0.717) is 17.0 Å². The standard InChI is InChI=1S/C17H14F2N4O3/c1-8(24)15-12-3-10(11-5-20-9(2)21-6-11)4-13(17(18)19)16(12)23(22-15)7-14(25)26/h3-6,17H,7H2,1-2H3,(H,25,26). The van der Waals surface area contributed by atoms with Crippen LogP contribution in [0.25, 0.3) is 22.0 Å². The van der Waals surface area contributed by atoms with E-state index in [2.05, 4.69) is 15.1 Å². The van der Waals surface area contributed by atoms with Crippen LogP contribution in [0, 0.1) is 6.92 Å². The van der Waals surface area contributed by atoms with E-state index in [4.69, 9.17) is 5.11 Å². The third-order valence-electron chi connectivity index (χ3n) is 3.84. The maximum Gasteiger partial charge on any atom is 0.325 e. The Balaban J connectivity index is 2.34. The molecule has 0 aliphatic carbocycles. The van der Waals surface area contributed by atoms with Crippen LogP contribution in [0.3, 0.4) is 0 Å². The van der Waals surface area contributed by atoms with E-state index < -0.39 is 30.3 Å². The summed E-state index contributed by atoms with van der Waals surface area (Å²) >= 11 is 0. The lowest BCUT2D eigenvalue weighted by molar-refractivity contribution is -0.137. The Bertz CT molecular complexity index is 1010. The molecule has 134 valence electrons. The fraction of sp³-hybridized carbons (Fsp3) is 0.235. The second kappa shape index (κ2) is 6.58. The first-order valence-electron chi connectivity index (χ1n) is 7.62. The number of Topliss-reactive ketones (excluding diaryl/α,β-unsaturated/α-hetero) is 1. The molecule has 0 saturated heterocycles. The molecular formula is C17H14F2N4O3. The summed E-state index contributed by atoms with van der Waals surface area (Å²) in [6.07, 6.45) is 0.106. The molecule has 7 nitrogen and oxygen atoms in total. The number of carboxylic acid groups (broad SMARTS) is 1. The maximum absolute atomic E-state index is 13.7. The number of fused-ring (bicyclic) bond motifs is 1. The Morgan fingerprint density at radius 1 is 1.19 bits per heavy atom. The van der Waals surface area contributed by atoms with Crippen molar-refractivity contribution < 1.29 is 23.5 Å². The number of benzene rings is 1. The van der Waals surface area contributed by atoms with Gasteiger partial charge >= 0.3 is 5.97 Å². The van der Waals surface area contributed by atoms with Gasteiger partial charge in [-0.1, -0.05) is 0 Å². The molecule has 2 aromatic heterocycles. The Kier molecular flexibility index (Phi) is 4.45. The smallest absolute Gasteiger partial charge is 0.325 e. The lowest BCUT2D eigenvalue weighted by atomic mass is 10.0. The molecule has 3 rings (SSSR count). The zero-order chi connectivity index (χ0) is 19.0. The van der Waals surface area contributed by atoms with Crippen molar-refractivity contribution in [2.75, 3.05) is 0 Å². The van der Waals surface area contributed by atoms with Crippen molar-refractivity contribution in [2.24, 2.45) is 0 Å². The van der Waals surface area contributed by atoms with Crippen molar-refractivity contribution in [1.82, 2.24) is 19.7 Å². The number of aromatic nitrogens is 4. The number of rotatable bonds is 5. The first-order chi connectivity index (χ1) is 12.3. The van der Waals surface area contributed by atoms with Crippen LogP contribution in [0.5, 0.6) is 0 Å². The fourth-order valence-corrected chi connectivity index (χ4v) is 2.73. The van der Waals surface area contributed by atoms with Crippen molar-refractivity contribution in [3.05, 3.63) is 41.6 Å². The van der Waals surface area contributed by atoms with Gasteiger partial charge in [-0.3, -0.25) is 14.3 Å². The van der Waals surface area contributed by atoms with E-state index in [-0.39, 0.29) is 16.6 Å². The zero-order valence-electron chi connectivity index (χ0n) is 13.9. The highest BCUT2D eigenvalue weighted by atomic mass is 19.3. The van der Waals surface area contributed by atoms with Crippen LogP contribution in [0.15, 0.2) is 24.5 Å². The monoisotopic (exact) mass is 360 g/mol. The quantitative estimate of drug-likeness (QED) is 0.702. The van der Waals surface area contributed by atoms with Crippen LogP contribution >= 0.6 is 0 Å². The fourth-order valence-electron chi connectivity index (χ4n) is 2.73. The number of nitrogens with zero attached hydrogens (tertiary/aromatic N) is 4. The lowest BCUT2D eigenvalue weighted by Crippen LogP contribution is -2.11. The molecule has 0 saturated carbocycles. The van der Waals surface area contributed by atoms with Crippen LogP contribution in [-0.4, -0.2) is 36.6 Å². The predicted octanol–water partition coefficient (Wildman–Crippen LogP) is 3.03. The Morgan fingerprint density at radius 2 is 1.85 bits per heavy atom. The van der Waals surface area contributed by atoms with Gasteiger partial charge in [0.1, 0.15) is 18.1 Å². The molecule has 0 atom stereocenters. The van der Waals surface area contributed by atoms with Crippen LogP contribution in [0.4, 0.5) is 8.78 Å². The molecular weight excluding hydrogens is 346 g/mol. The van der Waals surface area contributed by atoms with Crippen LogP contribution < -0.4 is 0 Å². The van der Waals surface area contributed by atoms with Crippen molar-refractivity contribution >= 4 is 22.7 Å². The number of hydrogen-bond donors (Lipinski definition) is 1. The van der Waals surface area contributed by atoms with Crippen LogP contribution in [0.1, 0.15) is 35.2 Å². The van der Waals surface area contributed by atoms with Crippen molar-refractivity contribution in [3.63, 3.8) is 0 Å². The van der Waals surface area contributed by atoms with E-state index in [1.54, 1.807) is 6.92 Å². The molecule has 0 unspecified atom stereocenters. The second-order valence-electron chi connectivity index (χ2n) is 5.74. The number of ketones is 1. The topological polar surface area (TPSA) is 98.0 Å². The third kappa shape index (κ3) is 3.15. The van der Waals surface area contributed by atoms with Crippen molar-refractivity contribution in [1.29, 1.82) is 0 Å². The van der Waals surface area contributed by atoms with E-state index >= 15 is 0 Å². The highest BCUT2D eigenvalue weighted by Crippen LogP contribution is 2.34. The zero-order valence-corrected chi connectivity index (χ0v) is 13.9. The number of carboxylic acids is 1. The van der Waals surface area contributed by atoms with Gasteiger partial charge in [0.15, 0.2) is 5.78 Å². The highest BCUT2D eigenvalue weighted by Gasteiger charge is 2.23. The van der Waals surface area contributed by atoms with Gasteiger partial charge in [0.05, 0.1) is 5.52 Å². The number of halogens is 2. The summed E-state index contributed by atoms with van der Waals surface area (Å²) < 4.78 is 28.3. The Hall–Kier alpha value is -3.23. The van der Waals surface area contributed by atoms with Gasteiger partial charge in [-0.15, -0.1) is 0 Å². The normalized spacial score (nSPS) is 11.3. The van der Waals surface area contributed by atoms with Gasteiger partial charge < -0.3 is 5.11 Å². The summed E-state index contributed by atoms with van der Waals surface area (Å²) in [4.78, 5) is 31.0. The summed E-state index contributed by atoms with van der Waals surface area (Å²) in [7, 11) is 0. The molecule has 0 fully saturated rings. The number of aryl methyl sites for hydroxylation is 1. The van der Waals surface area contributed by atoms with E-state index in [9.17, 15) is 18.4 Å². The summed E-state index contributed by atoms with van der Waals surface area (Å²) in [5, 5.41) is 13.1. The number of alkyl halides is 2. The molecule has 3 aromatic rings. The second-order valence-corrected chi connectivity index (χ2v) is 5.74. The predicted molar refractivity (Wildman–Crippen MR) is 88.1 cm³/mol. The molecule has 0 aliphatic rings. The Labute approximate surface area is 146 Å². The minimum absolute atomic E-state index is 0.0574. The van der Waals surface area contributed by atoms with E-state index in [0.717, 1.165) is 4.68 Å². The van der Waals surface area contributed by atoms with Gasteiger partial charge in [-0.25, -0.2) is 18.7 Å². The highest BCUT2D eigenvalue weighted by molar-refractivity contribution is 6.07. The summed E-state index contributed by atoms with van der Waals surface area (Å²) in [5.74, 6) is -1.17. The number of carbonyl (C=O) groups is 2. The summed E-state index contributed by atoms with van der Waals surface area (Å²) in [5.41, 5.74) is 0.367. The molecule has 26 heavy (non-hydrogen) atoms. The van der Waals surface area contributed by atoms with Crippen LogP contribution in [0.2, 0.25) is 0 Å². The largest absolute Gasteiger partial charge is 0.480 e. The third-order valence-corrected chi connectivity index (χ3v) is 3.84. The minimum atomic E-state index is -2.88. The average Bonchev–Trinajstić information content (AvgIpc) is 2.92. The van der Waals surface area contributed by atoms with E-state index in [1.165, 1.54) is 31.5 Å². The van der Waals surface area contributed by atoms with Crippen LogP contribution in [-0.2, 0) is 11.3 Å².